The summed E-state index contributed by atoms with van der Waals surface area (Å²) in [7, 11) is 0. The lowest BCUT2D eigenvalue weighted by Crippen LogP contribution is -2.22. The van der Waals surface area contributed by atoms with Gasteiger partial charge in [0, 0.05) is 23.3 Å². The number of aromatic nitrogens is 2. The number of thiophene rings is 1. The lowest BCUT2D eigenvalue weighted by molar-refractivity contribution is 0.174. The molecule has 1 N–H and O–H groups in total. The molecule has 1 aliphatic rings. The molecule has 0 saturated carbocycles. The van der Waals surface area contributed by atoms with Crippen molar-refractivity contribution in [1.29, 1.82) is 0 Å². The highest BCUT2D eigenvalue weighted by atomic mass is 32.1. The number of nitrogens with zero attached hydrogens (tertiary/aromatic N) is 2. The van der Waals surface area contributed by atoms with Crippen molar-refractivity contribution < 1.29 is 9.47 Å². The summed E-state index contributed by atoms with van der Waals surface area (Å²) in [4.78, 5) is 17.9. The van der Waals surface area contributed by atoms with Crippen molar-refractivity contribution in [2.45, 2.75) is 6.54 Å². The zero-order valence-electron chi connectivity index (χ0n) is 12.1. The topological polar surface area (TPSA) is 65.4 Å². The van der Waals surface area contributed by atoms with Crippen LogP contribution in [0.25, 0.3) is 5.69 Å². The Morgan fingerprint density at radius 3 is 3.04 bits per heavy atom. The molecule has 4 rings (SSSR count). The molecule has 3 aromatic rings. The van der Waals surface area contributed by atoms with Crippen molar-refractivity contribution in [3.63, 3.8) is 0 Å². The highest BCUT2D eigenvalue weighted by Crippen LogP contribution is 2.33. The number of ether oxygens (including phenoxy) is 2. The zero-order valence-corrected chi connectivity index (χ0v) is 12.9. The highest BCUT2D eigenvalue weighted by molar-refractivity contribution is 7.09. The Kier molecular flexibility index (Phi) is 3.47. The van der Waals surface area contributed by atoms with E-state index in [2.05, 4.69) is 10.3 Å². The lowest BCUT2D eigenvalue weighted by Gasteiger charge is -2.09. The Morgan fingerprint density at radius 2 is 2.17 bits per heavy atom. The summed E-state index contributed by atoms with van der Waals surface area (Å²) in [5.74, 6) is 1.64. The summed E-state index contributed by atoms with van der Waals surface area (Å²) < 4.78 is 12.2. The van der Waals surface area contributed by atoms with Gasteiger partial charge in [-0.25, -0.2) is 4.98 Å². The van der Waals surface area contributed by atoms with Crippen LogP contribution >= 0.6 is 11.3 Å². The van der Waals surface area contributed by atoms with E-state index in [1.54, 1.807) is 35.9 Å². The van der Waals surface area contributed by atoms with Crippen molar-refractivity contribution in [3.05, 3.63) is 63.3 Å². The van der Waals surface area contributed by atoms with Gasteiger partial charge >= 0.3 is 0 Å². The average molecular weight is 327 g/mol. The Morgan fingerprint density at radius 1 is 1.26 bits per heavy atom. The molecule has 3 heterocycles. The molecular formula is C16H13N3O3S. The second-order valence-electron chi connectivity index (χ2n) is 4.92. The van der Waals surface area contributed by atoms with Crippen LogP contribution in [0.3, 0.4) is 0 Å². The first-order valence-corrected chi connectivity index (χ1v) is 7.93. The fraction of sp³-hybridized carbons (Fsp3) is 0.125. The molecule has 116 valence electrons. The lowest BCUT2D eigenvalue weighted by atomic mass is 10.2. The van der Waals surface area contributed by atoms with Crippen LogP contribution in [0, 0.1) is 0 Å². The number of fused-ring (bicyclic) bond motifs is 1. The number of anilines is 1. The predicted molar refractivity (Wildman–Crippen MR) is 87.6 cm³/mol. The molecule has 0 unspecified atom stereocenters. The zero-order chi connectivity index (χ0) is 15.6. The van der Waals surface area contributed by atoms with Crippen molar-refractivity contribution in [3.8, 4) is 17.2 Å². The summed E-state index contributed by atoms with van der Waals surface area (Å²) in [6.07, 6.45) is 3.24. The van der Waals surface area contributed by atoms with Crippen molar-refractivity contribution >= 4 is 17.2 Å². The van der Waals surface area contributed by atoms with Crippen LogP contribution < -0.4 is 20.3 Å². The first-order valence-electron chi connectivity index (χ1n) is 7.05. The summed E-state index contributed by atoms with van der Waals surface area (Å²) >= 11 is 1.63. The molecule has 6 nitrogen and oxygen atoms in total. The molecule has 1 aliphatic heterocycles. The standard InChI is InChI=1S/C16H13N3O3S/c20-16-15(18-9-12-2-1-7-23-12)17-5-6-19(16)11-3-4-13-14(8-11)22-10-21-13/h1-8H,9-10H2,(H,17,18). The molecule has 0 bridgehead atoms. The maximum atomic E-state index is 12.6. The fourth-order valence-electron chi connectivity index (χ4n) is 2.36. The van der Waals surface area contributed by atoms with Crippen LogP contribution in [0.5, 0.6) is 11.5 Å². The summed E-state index contributed by atoms with van der Waals surface area (Å²) in [6, 6.07) is 9.38. The SMILES string of the molecule is O=c1c(NCc2cccs2)nccn1-c1ccc2c(c1)OCO2. The van der Waals surface area contributed by atoms with Gasteiger partial charge in [0.25, 0.3) is 5.56 Å². The summed E-state index contributed by atoms with van der Waals surface area (Å²) in [5, 5.41) is 5.09. The van der Waals surface area contributed by atoms with E-state index in [0.29, 0.717) is 29.5 Å². The van der Waals surface area contributed by atoms with Gasteiger partial charge in [0.15, 0.2) is 17.3 Å². The van der Waals surface area contributed by atoms with E-state index in [4.69, 9.17) is 9.47 Å². The number of benzene rings is 1. The summed E-state index contributed by atoms with van der Waals surface area (Å²) in [5.41, 5.74) is 0.503. The summed E-state index contributed by atoms with van der Waals surface area (Å²) in [6.45, 7) is 0.780. The minimum absolute atomic E-state index is 0.206. The van der Waals surface area contributed by atoms with Crippen molar-refractivity contribution in [1.82, 2.24) is 9.55 Å². The molecule has 0 atom stereocenters. The van der Waals surface area contributed by atoms with Crippen LogP contribution in [0.4, 0.5) is 5.82 Å². The van der Waals surface area contributed by atoms with Crippen molar-refractivity contribution in [2.24, 2.45) is 0 Å². The molecular weight excluding hydrogens is 314 g/mol. The average Bonchev–Trinajstić information content (AvgIpc) is 3.24. The number of rotatable bonds is 4. The van der Waals surface area contributed by atoms with E-state index in [-0.39, 0.29) is 12.4 Å². The van der Waals surface area contributed by atoms with Gasteiger partial charge in [-0.1, -0.05) is 6.07 Å². The molecule has 0 aliphatic carbocycles. The fourth-order valence-corrected chi connectivity index (χ4v) is 3.00. The van der Waals surface area contributed by atoms with E-state index < -0.39 is 0 Å². The van der Waals surface area contributed by atoms with Crippen molar-refractivity contribution in [2.75, 3.05) is 12.1 Å². The quantitative estimate of drug-likeness (QED) is 0.798. The predicted octanol–water partition coefficient (Wildman–Crippen LogP) is 2.63. The molecule has 23 heavy (non-hydrogen) atoms. The van der Waals surface area contributed by atoms with Gasteiger partial charge < -0.3 is 14.8 Å². The van der Waals surface area contributed by atoms with Gasteiger partial charge in [0.05, 0.1) is 12.2 Å². The monoisotopic (exact) mass is 327 g/mol. The molecule has 0 spiro atoms. The van der Waals surface area contributed by atoms with Gasteiger partial charge in [-0.15, -0.1) is 11.3 Å². The van der Waals surface area contributed by atoms with Gasteiger partial charge in [-0.2, -0.15) is 0 Å². The van der Waals surface area contributed by atoms with Gasteiger partial charge in [0.1, 0.15) is 0 Å². The van der Waals surface area contributed by atoms with Crippen LogP contribution in [0.15, 0.2) is 52.9 Å². The Bertz CT molecular complexity index is 890. The molecule has 7 heteroatoms. The van der Waals surface area contributed by atoms with E-state index in [1.165, 1.54) is 4.57 Å². The number of hydrogen-bond acceptors (Lipinski definition) is 6. The third-order valence-corrected chi connectivity index (χ3v) is 4.36. The normalized spacial score (nSPS) is 12.3. The largest absolute Gasteiger partial charge is 0.454 e. The number of hydrogen-bond donors (Lipinski definition) is 1. The minimum atomic E-state index is -0.206. The second kappa shape index (κ2) is 5.77. The van der Waals surface area contributed by atoms with E-state index >= 15 is 0 Å². The Hall–Kier alpha value is -2.80. The van der Waals surface area contributed by atoms with Crippen LogP contribution in [-0.4, -0.2) is 16.3 Å². The first-order chi connectivity index (χ1) is 11.3. The van der Waals surface area contributed by atoms with E-state index in [9.17, 15) is 4.79 Å². The molecule has 2 aromatic heterocycles. The second-order valence-corrected chi connectivity index (χ2v) is 5.95. The first kappa shape index (κ1) is 13.8. The van der Waals surface area contributed by atoms with Gasteiger partial charge in [-0.3, -0.25) is 9.36 Å². The van der Waals surface area contributed by atoms with Crippen LogP contribution in [0.1, 0.15) is 4.88 Å². The highest BCUT2D eigenvalue weighted by Gasteiger charge is 2.15. The van der Waals surface area contributed by atoms with Gasteiger partial charge in [-0.05, 0) is 23.6 Å². The smallest absolute Gasteiger partial charge is 0.297 e. The Balaban J connectivity index is 1.64. The molecule has 1 aromatic carbocycles. The minimum Gasteiger partial charge on any atom is -0.454 e. The molecule has 0 radical (unpaired) electrons. The van der Waals surface area contributed by atoms with Gasteiger partial charge in [0.2, 0.25) is 6.79 Å². The third kappa shape index (κ3) is 2.66. The Labute approximate surface area is 135 Å². The maximum absolute atomic E-state index is 12.6. The third-order valence-electron chi connectivity index (χ3n) is 3.49. The molecule has 0 saturated heterocycles. The van der Waals surface area contributed by atoms with Crippen LogP contribution in [0.2, 0.25) is 0 Å². The number of nitrogens with one attached hydrogen (secondary N) is 1. The van der Waals surface area contributed by atoms with E-state index in [0.717, 1.165) is 4.88 Å². The van der Waals surface area contributed by atoms with E-state index in [1.807, 2.05) is 23.6 Å². The molecule has 0 amide bonds. The molecule has 0 fully saturated rings. The van der Waals surface area contributed by atoms with Crippen LogP contribution in [-0.2, 0) is 6.54 Å². The maximum Gasteiger partial charge on any atom is 0.297 e.